The summed E-state index contributed by atoms with van der Waals surface area (Å²) in [5.74, 6) is 1.13. The van der Waals surface area contributed by atoms with Crippen LogP contribution in [-0.2, 0) is 9.53 Å². The van der Waals surface area contributed by atoms with E-state index in [-0.39, 0.29) is 5.97 Å². The van der Waals surface area contributed by atoms with Crippen molar-refractivity contribution in [3.8, 4) is 5.75 Å². The molecule has 1 fully saturated rings. The number of methoxy groups -OCH3 is 2. The van der Waals surface area contributed by atoms with Gasteiger partial charge in [0.05, 0.1) is 19.9 Å². The fraction of sp³-hybridized carbons (Fsp3) is 0.588. The van der Waals surface area contributed by atoms with E-state index in [0.29, 0.717) is 5.92 Å². The predicted molar refractivity (Wildman–Crippen MR) is 83.6 cm³/mol. The molecule has 2 unspecified atom stereocenters. The third-order valence-corrected chi connectivity index (χ3v) is 4.49. The number of carbonyl (C=O) groups is 1. The van der Waals surface area contributed by atoms with Crippen LogP contribution in [0.4, 0.5) is 5.69 Å². The van der Waals surface area contributed by atoms with Crippen LogP contribution in [0.3, 0.4) is 0 Å². The maximum Gasteiger partial charge on any atom is 0.331 e. The molecule has 0 saturated heterocycles. The monoisotopic (exact) mass is 291 g/mol. The largest absolute Gasteiger partial charge is 0.495 e. The molecule has 21 heavy (non-hydrogen) atoms. The van der Waals surface area contributed by atoms with Gasteiger partial charge in [-0.05, 0) is 30.9 Å². The van der Waals surface area contributed by atoms with Crippen molar-refractivity contribution in [1.82, 2.24) is 0 Å². The van der Waals surface area contributed by atoms with Crippen molar-refractivity contribution in [2.24, 2.45) is 5.92 Å². The van der Waals surface area contributed by atoms with Crippen LogP contribution in [0.1, 0.15) is 39.0 Å². The van der Waals surface area contributed by atoms with Gasteiger partial charge in [0, 0.05) is 0 Å². The van der Waals surface area contributed by atoms with Crippen molar-refractivity contribution in [1.29, 1.82) is 0 Å². The fourth-order valence-electron chi connectivity index (χ4n) is 3.29. The van der Waals surface area contributed by atoms with E-state index in [1.54, 1.807) is 7.11 Å². The summed E-state index contributed by atoms with van der Waals surface area (Å²) in [7, 11) is 3.10. The number of benzene rings is 1. The van der Waals surface area contributed by atoms with Crippen LogP contribution in [-0.4, -0.2) is 25.7 Å². The summed E-state index contributed by atoms with van der Waals surface area (Å²) in [6, 6.07) is 7.70. The Balaban J connectivity index is 2.30. The number of rotatable bonds is 5. The van der Waals surface area contributed by atoms with Gasteiger partial charge in [-0.1, -0.05) is 38.3 Å². The van der Waals surface area contributed by atoms with E-state index in [1.807, 2.05) is 24.3 Å². The molecular formula is C17H25NO3. The Morgan fingerprint density at radius 1 is 1.38 bits per heavy atom. The molecule has 1 aliphatic rings. The highest BCUT2D eigenvalue weighted by atomic mass is 16.5. The van der Waals surface area contributed by atoms with Crippen molar-refractivity contribution in [3.63, 3.8) is 0 Å². The Kier molecular flexibility index (Phi) is 5.10. The van der Waals surface area contributed by atoms with Gasteiger partial charge in [0.25, 0.3) is 0 Å². The number of carbonyl (C=O) groups excluding carboxylic acids is 1. The molecule has 1 aliphatic carbocycles. The average molecular weight is 291 g/mol. The van der Waals surface area contributed by atoms with Gasteiger partial charge < -0.3 is 14.8 Å². The number of para-hydroxylation sites is 2. The Bertz CT molecular complexity index is 489. The molecule has 0 radical (unpaired) electrons. The van der Waals surface area contributed by atoms with Gasteiger partial charge >= 0.3 is 5.97 Å². The third-order valence-electron chi connectivity index (χ3n) is 4.49. The highest BCUT2D eigenvalue weighted by Crippen LogP contribution is 2.39. The van der Waals surface area contributed by atoms with Gasteiger partial charge in [-0.25, -0.2) is 4.79 Å². The second-order valence-electron chi connectivity index (χ2n) is 5.77. The molecule has 1 saturated carbocycles. The Labute approximate surface area is 126 Å². The zero-order valence-corrected chi connectivity index (χ0v) is 13.1. The highest BCUT2D eigenvalue weighted by molar-refractivity contribution is 5.85. The summed E-state index contributed by atoms with van der Waals surface area (Å²) in [6.07, 6.45) is 4.92. The average Bonchev–Trinajstić information content (AvgIpc) is 2.54. The quantitative estimate of drug-likeness (QED) is 0.842. The summed E-state index contributed by atoms with van der Waals surface area (Å²) in [6.45, 7) is 2.18. The van der Waals surface area contributed by atoms with Gasteiger partial charge in [0.1, 0.15) is 11.3 Å². The predicted octanol–water partition coefficient (Wildman–Crippen LogP) is 3.62. The standard InChI is InChI=1S/C17H25NO3/c1-4-13-8-7-11-17(12-13,16(19)21-3)18-14-9-5-6-10-15(14)20-2/h5-6,9-10,13,18H,4,7-8,11-12H2,1-3H3. The molecule has 0 aliphatic heterocycles. The first-order valence-corrected chi connectivity index (χ1v) is 7.65. The van der Waals surface area contributed by atoms with Gasteiger partial charge in [-0.3, -0.25) is 0 Å². The van der Waals surface area contributed by atoms with Crippen LogP contribution < -0.4 is 10.1 Å². The lowest BCUT2D eigenvalue weighted by Gasteiger charge is -2.40. The number of anilines is 1. The van der Waals surface area contributed by atoms with Crippen molar-refractivity contribution >= 4 is 11.7 Å². The van der Waals surface area contributed by atoms with Crippen LogP contribution >= 0.6 is 0 Å². The Morgan fingerprint density at radius 2 is 2.14 bits per heavy atom. The lowest BCUT2D eigenvalue weighted by molar-refractivity contribution is -0.147. The van der Waals surface area contributed by atoms with E-state index in [4.69, 9.17) is 9.47 Å². The summed E-state index contributed by atoms with van der Waals surface area (Å²) < 4.78 is 10.5. The van der Waals surface area contributed by atoms with Crippen LogP contribution in [0.15, 0.2) is 24.3 Å². The molecule has 2 rings (SSSR count). The molecule has 0 spiro atoms. The SMILES string of the molecule is CCC1CCCC(Nc2ccccc2OC)(C(=O)OC)C1. The number of nitrogens with one attached hydrogen (secondary N) is 1. The smallest absolute Gasteiger partial charge is 0.331 e. The maximum absolute atomic E-state index is 12.4. The highest BCUT2D eigenvalue weighted by Gasteiger charge is 2.43. The maximum atomic E-state index is 12.4. The normalized spacial score (nSPS) is 25.2. The van der Waals surface area contributed by atoms with Crippen molar-refractivity contribution < 1.29 is 14.3 Å². The van der Waals surface area contributed by atoms with Gasteiger partial charge in [-0.2, -0.15) is 0 Å². The lowest BCUT2D eigenvalue weighted by atomic mass is 9.74. The van der Waals surface area contributed by atoms with E-state index >= 15 is 0 Å². The molecule has 116 valence electrons. The minimum atomic E-state index is -0.637. The number of hydrogen-bond acceptors (Lipinski definition) is 4. The second-order valence-corrected chi connectivity index (χ2v) is 5.77. The van der Waals surface area contributed by atoms with Crippen LogP contribution in [0.2, 0.25) is 0 Å². The second kappa shape index (κ2) is 6.83. The minimum absolute atomic E-state index is 0.174. The Hall–Kier alpha value is -1.71. The molecule has 4 nitrogen and oxygen atoms in total. The van der Waals surface area contributed by atoms with Gasteiger partial charge in [0.15, 0.2) is 0 Å². The van der Waals surface area contributed by atoms with E-state index in [0.717, 1.165) is 37.1 Å². The summed E-state index contributed by atoms with van der Waals surface area (Å²) >= 11 is 0. The number of hydrogen-bond donors (Lipinski definition) is 1. The molecule has 0 heterocycles. The zero-order chi connectivity index (χ0) is 15.3. The van der Waals surface area contributed by atoms with Crippen LogP contribution in [0.5, 0.6) is 5.75 Å². The summed E-state index contributed by atoms with van der Waals surface area (Å²) in [5.41, 5.74) is 0.213. The van der Waals surface area contributed by atoms with Crippen LogP contribution in [0.25, 0.3) is 0 Å². The first-order chi connectivity index (χ1) is 10.1. The topological polar surface area (TPSA) is 47.6 Å². The first kappa shape index (κ1) is 15.7. The molecule has 0 bridgehead atoms. The van der Waals surface area contributed by atoms with E-state index in [2.05, 4.69) is 12.2 Å². The lowest BCUT2D eigenvalue weighted by Crippen LogP contribution is -2.50. The summed E-state index contributed by atoms with van der Waals surface area (Å²) in [4.78, 5) is 12.4. The van der Waals surface area contributed by atoms with E-state index in [9.17, 15) is 4.79 Å². The molecule has 2 atom stereocenters. The van der Waals surface area contributed by atoms with Crippen LogP contribution in [0, 0.1) is 5.92 Å². The zero-order valence-electron chi connectivity index (χ0n) is 13.1. The Morgan fingerprint density at radius 3 is 2.81 bits per heavy atom. The molecule has 1 aromatic carbocycles. The molecule has 0 amide bonds. The molecular weight excluding hydrogens is 266 g/mol. The van der Waals surface area contributed by atoms with Crippen molar-refractivity contribution in [2.75, 3.05) is 19.5 Å². The van der Waals surface area contributed by atoms with E-state index in [1.165, 1.54) is 13.5 Å². The van der Waals surface area contributed by atoms with Gasteiger partial charge in [0.2, 0.25) is 0 Å². The fourth-order valence-corrected chi connectivity index (χ4v) is 3.29. The molecule has 1 aromatic rings. The summed E-state index contributed by atoms with van der Waals surface area (Å²) in [5, 5.41) is 3.43. The molecule has 0 aromatic heterocycles. The van der Waals surface area contributed by atoms with Crippen molar-refractivity contribution in [2.45, 2.75) is 44.6 Å². The number of esters is 1. The van der Waals surface area contributed by atoms with Gasteiger partial charge in [-0.15, -0.1) is 0 Å². The third kappa shape index (κ3) is 3.31. The number of ether oxygens (including phenoxy) is 2. The minimum Gasteiger partial charge on any atom is -0.495 e. The molecule has 1 N–H and O–H groups in total. The first-order valence-electron chi connectivity index (χ1n) is 7.65. The van der Waals surface area contributed by atoms with Crippen molar-refractivity contribution in [3.05, 3.63) is 24.3 Å². The molecule has 4 heteroatoms. The van der Waals surface area contributed by atoms with E-state index < -0.39 is 5.54 Å².